The lowest BCUT2D eigenvalue weighted by atomic mass is 10.1. The Labute approximate surface area is 269 Å². The second-order valence-electron chi connectivity index (χ2n) is 10.7. The van der Waals surface area contributed by atoms with Gasteiger partial charge in [0.25, 0.3) is 5.91 Å². The molecule has 16 heteroatoms. The van der Waals surface area contributed by atoms with Gasteiger partial charge in [-0.05, 0) is 45.4 Å². The van der Waals surface area contributed by atoms with Crippen LogP contribution in [0.4, 0.5) is 0 Å². The highest BCUT2D eigenvalue weighted by atomic mass is 16.5. The standard InChI is InChI=1S/C30H48N6O10/c1-23-33-18-24(19-34-23)29(40)32-10-13-44-15-16-45-21-26(38)7-5-12-43-14-17-46-22-28(39)31-9-3-2-8-27(30(41)42)35-36-11-4-6-25(36)20-37/h18-20,25,27,35H,2-17,21-22H2,1H3,(H,31,39)(H,32,40)(H,41,42)/t25-,27-/m0/s1. The Morgan fingerprint density at radius 1 is 0.935 bits per heavy atom. The number of aliphatic carboxylic acids is 1. The monoisotopic (exact) mass is 652 g/mol. The molecule has 16 nitrogen and oxygen atoms in total. The van der Waals surface area contributed by atoms with Crippen molar-refractivity contribution in [2.45, 2.75) is 64.0 Å². The first-order chi connectivity index (χ1) is 22.3. The number of carboxylic acid groups (broad SMARTS) is 1. The third kappa shape index (κ3) is 17.3. The van der Waals surface area contributed by atoms with Gasteiger partial charge in [0.1, 0.15) is 31.4 Å². The van der Waals surface area contributed by atoms with Crippen molar-refractivity contribution in [2.24, 2.45) is 0 Å². The SMILES string of the molecule is Cc1ncc(C(=O)NCCOCCOCC(=O)CCCOCCOCC(=O)NCCCC[C@H](NN2CCC[C@H]2C=O)C(=O)O)cn1. The molecule has 2 heterocycles. The Kier molecular flexibility index (Phi) is 20.1. The number of amides is 2. The summed E-state index contributed by atoms with van der Waals surface area (Å²) in [6.07, 6.45) is 7.77. The normalized spacial score (nSPS) is 15.4. The summed E-state index contributed by atoms with van der Waals surface area (Å²) in [5, 5.41) is 16.6. The molecule has 4 N–H and O–H groups in total. The van der Waals surface area contributed by atoms with Crippen LogP contribution in [0.5, 0.6) is 0 Å². The zero-order valence-corrected chi connectivity index (χ0v) is 26.6. The van der Waals surface area contributed by atoms with Crippen LogP contribution in [0.1, 0.15) is 61.1 Å². The molecule has 1 aliphatic heterocycles. The lowest BCUT2D eigenvalue weighted by molar-refractivity contribution is -0.142. The second-order valence-corrected chi connectivity index (χ2v) is 10.7. The van der Waals surface area contributed by atoms with Crippen molar-refractivity contribution >= 4 is 29.9 Å². The molecule has 2 rings (SSSR count). The van der Waals surface area contributed by atoms with Crippen LogP contribution in [0, 0.1) is 6.92 Å². The summed E-state index contributed by atoms with van der Waals surface area (Å²) in [6.45, 7) is 4.76. The van der Waals surface area contributed by atoms with E-state index < -0.39 is 12.0 Å². The average Bonchev–Trinajstić information content (AvgIpc) is 3.50. The minimum absolute atomic E-state index is 0.0107. The van der Waals surface area contributed by atoms with E-state index in [-0.39, 0.29) is 50.1 Å². The number of nitrogens with zero attached hydrogens (tertiary/aromatic N) is 3. The molecule has 46 heavy (non-hydrogen) atoms. The molecule has 0 radical (unpaired) electrons. The number of Topliss-reactive ketones (excluding diaryl/α,β-unsaturated/α-hetero) is 1. The van der Waals surface area contributed by atoms with Crippen LogP contribution in [-0.4, -0.2) is 135 Å². The van der Waals surface area contributed by atoms with Gasteiger partial charge in [0, 0.05) is 45.1 Å². The van der Waals surface area contributed by atoms with Crippen LogP contribution in [0.25, 0.3) is 0 Å². The molecule has 1 aliphatic rings. The second kappa shape index (κ2) is 23.9. The van der Waals surface area contributed by atoms with Crippen molar-refractivity contribution in [3.63, 3.8) is 0 Å². The Morgan fingerprint density at radius 3 is 2.35 bits per heavy atom. The summed E-state index contributed by atoms with van der Waals surface area (Å²) in [7, 11) is 0. The van der Waals surface area contributed by atoms with Gasteiger partial charge in [0.2, 0.25) is 5.91 Å². The zero-order valence-electron chi connectivity index (χ0n) is 26.6. The molecule has 0 saturated carbocycles. The first-order valence-electron chi connectivity index (χ1n) is 15.7. The summed E-state index contributed by atoms with van der Waals surface area (Å²) in [5.41, 5.74) is 3.32. The third-order valence-electron chi connectivity index (χ3n) is 6.88. The van der Waals surface area contributed by atoms with Crippen molar-refractivity contribution in [3.05, 3.63) is 23.8 Å². The Hall–Kier alpha value is -3.41. The van der Waals surface area contributed by atoms with E-state index in [0.29, 0.717) is 89.6 Å². The number of carbonyl (C=O) groups excluding carboxylic acids is 4. The van der Waals surface area contributed by atoms with E-state index in [9.17, 15) is 29.1 Å². The van der Waals surface area contributed by atoms with Crippen LogP contribution in [0.3, 0.4) is 0 Å². The average molecular weight is 653 g/mol. The van der Waals surface area contributed by atoms with Gasteiger partial charge >= 0.3 is 5.97 Å². The Morgan fingerprint density at radius 2 is 1.63 bits per heavy atom. The van der Waals surface area contributed by atoms with Gasteiger partial charge in [-0.25, -0.2) is 20.4 Å². The van der Waals surface area contributed by atoms with E-state index >= 15 is 0 Å². The molecule has 1 fully saturated rings. The molecular formula is C30H48N6O10. The third-order valence-corrected chi connectivity index (χ3v) is 6.88. The molecule has 0 unspecified atom stereocenters. The van der Waals surface area contributed by atoms with Crippen molar-refractivity contribution in [1.82, 2.24) is 31.0 Å². The van der Waals surface area contributed by atoms with Crippen LogP contribution >= 0.6 is 0 Å². The maximum absolute atomic E-state index is 11.9. The van der Waals surface area contributed by atoms with E-state index in [0.717, 1.165) is 19.1 Å². The van der Waals surface area contributed by atoms with Gasteiger partial charge in [0.05, 0.1) is 44.6 Å². The van der Waals surface area contributed by atoms with Crippen LogP contribution in [-0.2, 0) is 38.1 Å². The number of aldehydes is 1. The van der Waals surface area contributed by atoms with E-state index in [2.05, 4.69) is 26.0 Å². The summed E-state index contributed by atoms with van der Waals surface area (Å²) in [5.74, 6) is -0.968. The van der Waals surface area contributed by atoms with Crippen LogP contribution in [0.15, 0.2) is 12.4 Å². The number of hydrazine groups is 1. The first kappa shape index (κ1) is 38.8. The van der Waals surface area contributed by atoms with Gasteiger partial charge in [-0.1, -0.05) is 0 Å². The molecule has 1 saturated heterocycles. The number of hydrogen-bond acceptors (Lipinski definition) is 13. The Bertz CT molecular complexity index is 1060. The van der Waals surface area contributed by atoms with E-state index in [1.807, 2.05) is 0 Å². The number of ketones is 1. The number of aryl methyl sites for hydroxylation is 1. The number of carbonyl (C=O) groups is 5. The number of carboxylic acids is 1. The minimum atomic E-state index is -0.970. The Balaban J connectivity index is 1.33. The number of nitrogens with one attached hydrogen (secondary N) is 3. The maximum atomic E-state index is 11.9. The first-order valence-corrected chi connectivity index (χ1v) is 15.7. The number of unbranched alkanes of at least 4 members (excludes halogenated alkanes) is 1. The molecule has 0 spiro atoms. The lowest BCUT2D eigenvalue weighted by Crippen LogP contribution is -2.50. The largest absolute Gasteiger partial charge is 0.480 e. The number of rotatable bonds is 27. The van der Waals surface area contributed by atoms with Crippen LogP contribution in [0.2, 0.25) is 0 Å². The van der Waals surface area contributed by atoms with E-state index in [4.69, 9.17) is 18.9 Å². The molecule has 2 amide bonds. The molecule has 1 aromatic rings. The summed E-state index contributed by atoms with van der Waals surface area (Å²) in [6, 6.07) is -1.07. The number of aromatic nitrogens is 2. The summed E-state index contributed by atoms with van der Waals surface area (Å²) < 4.78 is 21.4. The highest BCUT2D eigenvalue weighted by Gasteiger charge is 2.28. The lowest BCUT2D eigenvalue weighted by Gasteiger charge is -2.25. The summed E-state index contributed by atoms with van der Waals surface area (Å²) in [4.78, 5) is 66.3. The van der Waals surface area contributed by atoms with Crippen molar-refractivity contribution in [2.75, 3.05) is 72.5 Å². The van der Waals surface area contributed by atoms with Gasteiger partial charge in [-0.15, -0.1) is 0 Å². The molecule has 2 atom stereocenters. The fourth-order valence-electron chi connectivity index (χ4n) is 4.37. The fraction of sp³-hybridized carbons (Fsp3) is 0.700. The molecule has 1 aromatic heterocycles. The van der Waals surface area contributed by atoms with Crippen molar-refractivity contribution < 1.29 is 48.0 Å². The molecule has 0 aromatic carbocycles. The van der Waals surface area contributed by atoms with Crippen LogP contribution < -0.4 is 16.1 Å². The summed E-state index contributed by atoms with van der Waals surface area (Å²) >= 11 is 0. The minimum Gasteiger partial charge on any atom is -0.480 e. The van der Waals surface area contributed by atoms with E-state index in [1.54, 1.807) is 11.9 Å². The molecular weight excluding hydrogens is 604 g/mol. The van der Waals surface area contributed by atoms with Gasteiger partial charge < -0.3 is 39.5 Å². The fourth-order valence-corrected chi connectivity index (χ4v) is 4.37. The maximum Gasteiger partial charge on any atom is 0.322 e. The number of hydrogen-bond donors (Lipinski definition) is 4. The quantitative estimate of drug-likeness (QED) is 0.0720. The van der Waals surface area contributed by atoms with E-state index in [1.165, 1.54) is 12.4 Å². The molecule has 0 bridgehead atoms. The molecule has 258 valence electrons. The highest BCUT2D eigenvalue weighted by Crippen LogP contribution is 2.14. The van der Waals surface area contributed by atoms with Crippen molar-refractivity contribution in [1.29, 1.82) is 0 Å². The topological polar surface area (TPSA) is 208 Å². The zero-order chi connectivity index (χ0) is 33.4. The predicted octanol–water partition coefficient (Wildman–Crippen LogP) is -0.162. The van der Waals surface area contributed by atoms with Gasteiger partial charge in [-0.2, -0.15) is 0 Å². The predicted molar refractivity (Wildman–Crippen MR) is 164 cm³/mol. The van der Waals surface area contributed by atoms with Crippen molar-refractivity contribution in [3.8, 4) is 0 Å². The molecule has 0 aliphatic carbocycles. The van der Waals surface area contributed by atoms with Gasteiger partial charge in [-0.3, -0.25) is 19.2 Å². The number of ether oxygens (including phenoxy) is 4. The van der Waals surface area contributed by atoms with Gasteiger partial charge in [0.15, 0.2) is 5.78 Å². The smallest absolute Gasteiger partial charge is 0.322 e. The highest BCUT2D eigenvalue weighted by molar-refractivity contribution is 5.93.